The lowest BCUT2D eigenvalue weighted by atomic mass is 9.97. The zero-order valence-corrected chi connectivity index (χ0v) is 10.9. The van der Waals surface area contributed by atoms with E-state index in [9.17, 15) is 10.4 Å². The molecule has 0 amide bonds. The van der Waals surface area contributed by atoms with Gasteiger partial charge >= 0.3 is 0 Å². The zero-order valence-electron chi connectivity index (χ0n) is 10.9. The highest BCUT2D eigenvalue weighted by molar-refractivity contribution is 5.83. The summed E-state index contributed by atoms with van der Waals surface area (Å²) < 4.78 is 10.8. The predicted molar refractivity (Wildman–Crippen MR) is 70.7 cm³/mol. The lowest BCUT2D eigenvalue weighted by Gasteiger charge is -2.22. The summed E-state index contributed by atoms with van der Waals surface area (Å²) in [5.41, 5.74) is 3.62. The molecule has 3 aliphatic heterocycles. The third-order valence-electron chi connectivity index (χ3n) is 4.24. The Balaban J connectivity index is 1.91. The largest absolute Gasteiger partial charge is 0.454 e. The van der Waals surface area contributed by atoms with Gasteiger partial charge in [0, 0.05) is 17.8 Å². The molecule has 1 saturated heterocycles. The van der Waals surface area contributed by atoms with E-state index >= 15 is 0 Å². The topological polar surface area (TPSA) is 65.7 Å². The first-order chi connectivity index (χ1) is 9.78. The number of benzene rings is 1. The minimum Gasteiger partial charge on any atom is -0.454 e. The number of nitrogens with zero attached hydrogens (tertiary/aromatic N) is 2. The summed E-state index contributed by atoms with van der Waals surface area (Å²) in [5.74, 6) is 1.44. The van der Waals surface area contributed by atoms with Gasteiger partial charge in [0.05, 0.1) is 5.57 Å². The van der Waals surface area contributed by atoms with Crippen molar-refractivity contribution in [2.45, 2.75) is 25.5 Å². The molecular formula is C15H14N2O3. The summed E-state index contributed by atoms with van der Waals surface area (Å²) in [6, 6.07) is 6.18. The number of ether oxygens (including phenoxy) is 2. The van der Waals surface area contributed by atoms with Crippen LogP contribution in [0.1, 0.15) is 24.0 Å². The number of aliphatic hydroxyl groups excluding tert-OH is 1. The first-order valence-electron chi connectivity index (χ1n) is 6.79. The molecule has 0 aromatic heterocycles. The number of aliphatic hydroxyl groups is 1. The fraction of sp³-hybridized carbons (Fsp3) is 0.400. The predicted octanol–water partition coefficient (Wildman–Crippen LogP) is 1.62. The van der Waals surface area contributed by atoms with Gasteiger partial charge in [-0.3, -0.25) is 0 Å². The molecule has 1 N–H and O–H groups in total. The number of fused-ring (bicyclic) bond motifs is 3. The summed E-state index contributed by atoms with van der Waals surface area (Å²) in [6.45, 7) is 0.968. The van der Waals surface area contributed by atoms with E-state index in [4.69, 9.17) is 9.47 Å². The molecular weight excluding hydrogens is 256 g/mol. The van der Waals surface area contributed by atoms with Gasteiger partial charge in [-0.1, -0.05) is 0 Å². The maximum absolute atomic E-state index is 10.0. The molecule has 4 rings (SSSR count). The van der Waals surface area contributed by atoms with Crippen LogP contribution in [-0.4, -0.2) is 29.6 Å². The lowest BCUT2D eigenvalue weighted by Crippen LogP contribution is -2.29. The lowest BCUT2D eigenvalue weighted by molar-refractivity contribution is 0.0540. The van der Waals surface area contributed by atoms with Crippen LogP contribution in [0.5, 0.6) is 11.5 Å². The molecule has 1 atom stereocenters. The second-order valence-corrected chi connectivity index (χ2v) is 5.26. The second kappa shape index (κ2) is 4.15. The van der Waals surface area contributed by atoms with E-state index in [1.165, 1.54) is 0 Å². The smallest absolute Gasteiger partial charge is 0.231 e. The van der Waals surface area contributed by atoms with Gasteiger partial charge in [0.15, 0.2) is 11.5 Å². The fourth-order valence-electron chi connectivity index (χ4n) is 3.24. The van der Waals surface area contributed by atoms with Crippen molar-refractivity contribution in [1.82, 2.24) is 4.90 Å². The molecule has 1 aromatic carbocycles. The Morgan fingerprint density at radius 2 is 2.05 bits per heavy atom. The first-order valence-corrected chi connectivity index (χ1v) is 6.79. The van der Waals surface area contributed by atoms with E-state index in [0.717, 1.165) is 42.0 Å². The summed E-state index contributed by atoms with van der Waals surface area (Å²) in [4.78, 5) is 1.95. The van der Waals surface area contributed by atoms with E-state index in [1.54, 1.807) is 0 Å². The fourth-order valence-corrected chi connectivity index (χ4v) is 3.24. The molecule has 1 aromatic rings. The number of hydrogen-bond acceptors (Lipinski definition) is 5. The number of allylic oxidation sites excluding steroid dienone is 2. The highest BCUT2D eigenvalue weighted by Crippen LogP contribution is 2.42. The Bertz CT molecular complexity index is 660. The van der Waals surface area contributed by atoms with Gasteiger partial charge in [0.2, 0.25) is 6.79 Å². The van der Waals surface area contributed by atoms with E-state index in [0.29, 0.717) is 17.7 Å². The minimum absolute atomic E-state index is 0.238. The number of hydrogen-bond donors (Lipinski definition) is 1. The molecule has 0 saturated carbocycles. The maximum atomic E-state index is 10.0. The van der Waals surface area contributed by atoms with Crippen LogP contribution in [0, 0.1) is 11.3 Å². The van der Waals surface area contributed by atoms with Gasteiger partial charge in [0.25, 0.3) is 0 Å². The average Bonchev–Trinajstić information content (AvgIpc) is 3.00. The van der Waals surface area contributed by atoms with Gasteiger partial charge < -0.3 is 19.5 Å². The Morgan fingerprint density at radius 1 is 1.25 bits per heavy atom. The molecule has 3 aliphatic rings. The van der Waals surface area contributed by atoms with Crippen molar-refractivity contribution in [3.8, 4) is 17.6 Å². The summed E-state index contributed by atoms with van der Waals surface area (Å²) in [5, 5.41) is 19.6. The Labute approximate surface area is 116 Å². The van der Waals surface area contributed by atoms with Crippen LogP contribution in [0.4, 0.5) is 0 Å². The van der Waals surface area contributed by atoms with Crippen LogP contribution in [0.15, 0.2) is 17.8 Å². The highest BCUT2D eigenvalue weighted by Gasteiger charge is 2.33. The number of rotatable bonds is 0. The van der Waals surface area contributed by atoms with Crippen molar-refractivity contribution < 1.29 is 14.6 Å². The summed E-state index contributed by atoms with van der Waals surface area (Å²) >= 11 is 0. The molecule has 0 spiro atoms. The molecule has 0 radical (unpaired) electrons. The Kier molecular flexibility index (Phi) is 2.41. The van der Waals surface area contributed by atoms with E-state index in [1.807, 2.05) is 17.0 Å². The van der Waals surface area contributed by atoms with Crippen LogP contribution >= 0.6 is 0 Å². The third kappa shape index (κ3) is 1.52. The van der Waals surface area contributed by atoms with Crippen LogP contribution in [0.2, 0.25) is 0 Å². The average molecular weight is 270 g/mol. The summed E-state index contributed by atoms with van der Waals surface area (Å²) in [7, 11) is 0. The monoisotopic (exact) mass is 270 g/mol. The van der Waals surface area contributed by atoms with Crippen LogP contribution in [0.3, 0.4) is 0 Å². The molecule has 0 aliphatic carbocycles. The van der Waals surface area contributed by atoms with Crippen molar-refractivity contribution in [2.24, 2.45) is 0 Å². The third-order valence-corrected chi connectivity index (χ3v) is 4.24. The summed E-state index contributed by atoms with van der Waals surface area (Å²) in [6.07, 6.45) is 1.76. The maximum Gasteiger partial charge on any atom is 0.231 e. The molecule has 20 heavy (non-hydrogen) atoms. The van der Waals surface area contributed by atoms with Crippen molar-refractivity contribution in [1.29, 1.82) is 5.26 Å². The molecule has 102 valence electrons. The highest BCUT2D eigenvalue weighted by atomic mass is 16.7. The van der Waals surface area contributed by atoms with Gasteiger partial charge in [-0.2, -0.15) is 5.26 Å². The van der Waals surface area contributed by atoms with Crippen molar-refractivity contribution >= 4 is 5.57 Å². The molecule has 1 fully saturated rings. The van der Waals surface area contributed by atoms with Gasteiger partial charge in [-0.05, 0) is 37.0 Å². The van der Waals surface area contributed by atoms with Gasteiger partial charge in [-0.25, -0.2) is 0 Å². The van der Waals surface area contributed by atoms with Gasteiger partial charge in [-0.15, -0.1) is 0 Å². The molecule has 5 heteroatoms. The quantitative estimate of drug-likeness (QED) is 0.776. The molecule has 0 bridgehead atoms. The second-order valence-electron chi connectivity index (χ2n) is 5.26. The van der Waals surface area contributed by atoms with E-state index in [2.05, 4.69) is 6.07 Å². The number of nitriles is 1. The van der Waals surface area contributed by atoms with E-state index < -0.39 is 6.23 Å². The SMILES string of the molecule is N#CC1=C2CCC(O)N2CCc2cc3c(cc21)OCO3. The zero-order chi connectivity index (χ0) is 13.7. The Morgan fingerprint density at radius 3 is 2.85 bits per heavy atom. The Hall–Kier alpha value is -2.19. The standard InChI is InChI=1S/C15H14N2O3/c16-7-11-10-6-14-13(19-8-20-14)5-9(10)3-4-17-12(11)1-2-15(17)18/h5-6,15,18H,1-4,8H2. The van der Waals surface area contributed by atoms with Crippen LogP contribution in [0.25, 0.3) is 5.57 Å². The molecule has 1 unspecified atom stereocenters. The normalized spacial score (nSPS) is 23.2. The molecule has 5 nitrogen and oxygen atoms in total. The minimum atomic E-state index is -0.470. The van der Waals surface area contributed by atoms with Crippen molar-refractivity contribution in [2.75, 3.05) is 13.3 Å². The van der Waals surface area contributed by atoms with E-state index in [-0.39, 0.29) is 6.79 Å². The van der Waals surface area contributed by atoms with Gasteiger partial charge in [0.1, 0.15) is 12.3 Å². The molecule has 3 heterocycles. The van der Waals surface area contributed by atoms with Crippen LogP contribution < -0.4 is 9.47 Å². The van der Waals surface area contributed by atoms with Crippen molar-refractivity contribution in [3.63, 3.8) is 0 Å². The first kappa shape index (κ1) is 11.6. The van der Waals surface area contributed by atoms with Crippen LogP contribution in [-0.2, 0) is 6.42 Å². The van der Waals surface area contributed by atoms with Crippen molar-refractivity contribution in [3.05, 3.63) is 29.0 Å².